The first-order valence-electron chi connectivity index (χ1n) is 9.79. The second-order valence-corrected chi connectivity index (χ2v) is 10.4. The van der Waals surface area contributed by atoms with Crippen LogP contribution in [0.25, 0.3) is 0 Å². The average Bonchev–Trinajstić information content (AvgIpc) is 2.49. The maximum atomic E-state index is 6.19. The van der Waals surface area contributed by atoms with Gasteiger partial charge in [0.2, 0.25) is 0 Å². The minimum absolute atomic E-state index is 0. The molecule has 0 saturated heterocycles. The summed E-state index contributed by atoms with van der Waals surface area (Å²) >= 11 is 12.2. The number of benzene rings is 1. The number of rotatable bonds is 6. The molecule has 0 radical (unpaired) electrons. The summed E-state index contributed by atoms with van der Waals surface area (Å²) in [6.45, 7) is 10.8. The Kier molecular flexibility index (Phi) is 9.25. The molecule has 1 nitrogen and oxygen atoms in total. The van der Waals surface area contributed by atoms with Crippen molar-refractivity contribution < 1.29 is 28.5 Å². The first-order chi connectivity index (χ1) is 11.5. The number of halogens is 3. The van der Waals surface area contributed by atoms with Gasteiger partial charge < -0.3 is 28.5 Å². The Morgan fingerprint density at radius 3 is 2.42 bits per heavy atom. The van der Waals surface area contributed by atoms with Crippen LogP contribution in [0.15, 0.2) is 18.2 Å². The van der Waals surface area contributed by atoms with Crippen molar-refractivity contribution in [3.05, 3.63) is 33.8 Å². The van der Waals surface area contributed by atoms with Crippen molar-refractivity contribution >= 4 is 23.2 Å². The molecule has 1 aliphatic rings. The second kappa shape index (κ2) is 9.80. The fraction of sp³-hybridized carbons (Fsp3) is 0.727. The van der Waals surface area contributed by atoms with Gasteiger partial charge in [-0.1, -0.05) is 62.9 Å². The first-order valence-corrected chi connectivity index (χ1v) is 10.5. The van der Waals surface area contributed by atoms with E-state index in [1.54, 1.807) is 0 Å². The Morgan fingerprint density at radius 1 is 1.19 bits per heavy atom. The standard InChI is InChI=1S/C22H36Cl2N.HI/c1-16-8-7-13-22(3,4)19(16)11-9-17(2)25(5,6)15-18-10-12-20(23)21(24)14-18;/h10,12,14,16-17,19H,7-9,11,13,15H2,1-6H3;1H/q+1;/p-1. The Bertz CT molecular complexity index is 586. The molecular weight excluding hydrogens is 476 g/mol. The molecule has 1 aromatic carbocycles. The lowest BCUT2D eigenvalue weighted by atomic mass is 9.62. The zero-order chi connectivity index (χ0) is 18.8. The third-order valence-corrected chi connectivity index (χ3v) is 7.57. The highest BCUT2D eigenvalue weighted by Crippen LogP contribution is 2.46. The van der Waals surface area contributed by atoms with Crippen molar-refractivity contribution in [3.8, 4) is 0 Å². The van der Waals surface area contributed by atoms with E-state index >= 15 is 0 Å². The fourth-order valence-corrected chi connectivity index (χ4v) is 5.07. The summed E-state index contributed by atoms with van der Waals surface area (Å²) in [6.07, 6.45) is 6.83. The minimum Gasteiger partial charge on any atom is -1.00 e. The van der Waals surface area contributed by atoms with Crippen LogP contribution in [0.5, 0.6) is 0 Å². The van der Waals surface area contributed by atoms with Crippen LogP contribution in [0.4, 0.5) is 0 Å². The molecule has 2 rings (SSSR count). The molecule has 0 amide bonds. The number of quaternary nitrogens is 1. The van der Waals surface area contributed by atoms with Crippen LogP contribution < -0.4 is 24.0 Å². The monoisotopic (exact) mass is 511 g/mol. The van der Waals surface area contributed by atoms with Gasteiger partial charge in [0.15, 0.2) is 0 Å². The Balaban J connectivity index is 0.00000338. The molecule has 150 valence electrons. The van der Waals surface area contributed by atoms with Crippen molar-refractivity contribution in [2.24, 2.45) is 17.3 Å². The quantitative estimate of drug-likeness (QED) is 0.396. The molecule has 4 heteroatoms. The van der Waals surface area contributed by atoms with E-state index in [0.717, 1.165) is 22.9 Å². The number of hydrogen-bond donors (Lipinski definition) is 0. The molecule has 0 aromatic heterocycles. The van der Waals surface area contributed by atoms with Gasteiger partial charge in [-0.25, -0.2) is 0 Å². The SMILES string of the molecule is CC1CCCC(C)(C)C1CCC(C)[N+](C)(C)Cc1ccc(Cl)c(Cl)c1.[I-]. The van der Waals surface area contributed by atoms with Gasteiger partial charge in [0.05, 0.1) is 30.2 Å². The average molecular weight is 512 g/mol. The van der Waals surface area contributed by atoms with Gasteiger partial charge in [-0.3, -0.25) is 0 Å². The zero-order valence-electron chi connectivity index (χ0n) is 17.3. The van der Waals surface area contributed by atoms with E-state index in [4.69, 9.17) is 23.2 Å². The molecule has 0 aliphatic heterocycles. The summed E-state index contributed by atoms with van der Waals surface area (Å²) in [7, 11) is 4.67. The Hall–Kier alpha value is 0.490. The highest BCUT2D eigenvalue weighted by Gasteiger charge is 2.37. The topological polar surface area (TPSA) is 0 Å². The van der Waals surface area contributed by atoms with Crippen LogP contribution in [-0.4, -0.2) is 24.6 Å². The van der Waals surface area contributed by atoms with Crippen molar-refractivity contribution in [2.45, 2.75) is 72.4 Å². The van der Waals surface area contributed by atoms with E-state index < -0.39 is 0 Å². The van der Waals surface area contributed by atoms with E-state index in [1.165, 1.54) is 37.7 Å². The molecule has 1 saturated carbocycles. The number of nitrogens with zero attached hydrogens (tertiary/aromatic N) is 1. The highest BCUT2D eigenvalue weighted by atomic mass is 127. The fourth-order valence-electron chi connectivity index (χ4n) is 4.75. The lowest BCUT2D eigenvalue weighted by Crippen LogP contribution is -3.00. The lowest BCUT2D eigenvalue weighted by molar-refractivity contribution is -0.926. The van der Waals surface area contributed by atoms with E-state index in [0.29, 0.717) is 21.5 Å². The third kappa shape index (κ3) is 6.25. The predicted octanol–water partition coefficient (Wildman–Crippen LogP) is 4.20. The zero-order valence-corrected chi connectivity index (χ0v) is 21.0. The van der Waals surface area contributed by atoms with E-state index in [9.17, 15) is 0 Å². The second-order valence-electron chi connectivity index (χ2n) is 9.58. The molecule has 1 fully saturated rings. The Morgan fingerprint density at radius 2 is 1.85 bits per heavy atom. The van der Waals surface area contributed by atoms with Gasteiger partial charge in [0.25, 0.3) is 0 Å². The van der Waals surface area contributed by atoms with Gasteiger partial charge in [0, 0.05) is 5.56 Å². The summed E-state index contributed by atoms with van der Waals surface area (Å²) in [6, 6.07) is 6.66. The Labute approximate surface area is 188 Å². The minimum atomic E-state index is 0. The largest absolute Gasteiger partial charge is 1.00 e. The summed E-state index contributed by atoms with van der Waals surface area (Å²) in [5.41, 5.74) is 1.76. The first kappa shape index (κ1) is 24.5. The summed E-state index contributed by atoms with van der Waals surface area (Å²) in [5, 5.41) is 1.29. The molecule has 3 atom stereocenters. The van der Waals surface area contributed by atoms with Gasteiger partial charge >= 0.3 is 0 Å². The summed E-state index contributed by atoms with van der Waals surface area (Å²) in [4.78, 5) is 0. The van der Waals surface area contributed by atoms with Gasteiger partial charge in [-0.05, 0) is 55.6 Å². The van der Waals surface area contributed by atoms with E-state index in [-0.39, 0.29) is 24.0 Å². The van der Waals surface area contributed by atoms with E-state index in [2.05, 4.69) is 47.9 Å². The molecule has 0 heterocycles. The molecule has 3 unspecified atom stereocenters. The predicted molar refractivity (Wildman–Crippen MR) is 111 cm³/mol. The maximum Gasteiger partial charge on any atom is 0.104 e. The molecule has 1 aliphatic carbocycles. The van der Waals surface area contributed by atoms with Crippen molar-refractivity contribution in [2.75, 3.05) is 14.1 Å². The highest BCUT2D eigenvalue weighted by molar-refractivity contribution is 6.42. The third-order valence-electron chi connectivity index (χ3n) is 6.83. The van der Waals surface area contributed by atoms with Crippen molar-refractivity contribution in [1.29, 1.82) is 0 Å². The van der Waals surface area contributed by atoms with Crippen LogP contribution in [0.3, 0.4) is 0 Å². The summed E-state index contributed by atoms with van der Waals surface area (Å²) in [5.74, 6) is 1.72. The van der Waals surface area contributed by atoms with Gasteiger partial charge in [-0.2, -0.15) is 0 Å². The molecule has 0 N–H and O–H groups in total. The van der Waals surface area contributed by atoms with Crippen LogP contribution in [0, 0.1) is 17.3 Å². The molecular formula is C22H36Cl2IN. The number of hydrogen-bond acceptors (Lipinski definition) is 0. The lowest BCUT2D eigenvalue weighted by Gasteiger charge is -2.44. The van der Waals surface area contributed by atoms with Gasteiger partial charge in [0.1, 0.15) is 6.54 Å². The van der Waals surface area contributed by atoms with Crippen LogP contribution in [-0.2, 0) is 6.54 Å². The molecule has 0 spiro atoms. The van der Waals surface area contributed by atoms with Gasteiger partial charge in [-0.15, -0.1) is 0 Å². The van der Waals surface area contributed by atoms with Crippen LogP contribution in [0.2, 0.25) is 10.0 Å². The van der Waals surface area contributed by atoms with Crippen LogP contribution in [0.1, 0.15) is 65.4 Å². The summed E-state index contributed by atoms with van der Waals surface area (Å²) < 4.78 is 0.986. The van der Waals surface area contributed by atoms with Crippen molar-refractivity contribution in [3.63, 3.8) is 0 Å². The maximum absolute atomic E-state index is 6.19. The molecule has 0 bridgehead atoms. The molecule has 1 aromatic rings. The smallest absolute Gasteiger partial charge is 0.104 e. The normalized spacial score (nSPS) is 24.0. The van der Waals surface area contributed by atoms with E-state index in [1.807, 2.05) is 12.1 Å². The van der Waals surface area contributed by atoms with Crippen LogP contribution >= 0.6 is 23.2 Å². The molecule has 26 heavy (non-hydrogen) atoms. The van der Waals surface area contributed by atoms with Crippen molar-refractivity contribution in [1.82, 2.24) is 0 Å².